The van der Waals surface area contributed by atoms with E-state index in [1.54, 1.807) is 12.1 Å². The van der Waals surface area contributed by atoms with Crippen molar-refractivity contribution in [1.29, 1.82) is 0 Å². The first-order valence-electron chi connectivity index (χ1n) is 8.99. The highest BCUT2D eigenvalue weighted by atomic mass is 16.3. The van der Waals surface area contributed by atoms with Gasteiger partial charge in [-0.3, -0.25) is 9.59 Å². The van der Waals surface area contributed by atoms with Gasteiger partial charge in [0.2, 0.25) is 0 Å². The first-order valence-corrected chi connectivity index (χ1v) is 8.99. The molecule has 0 aromatic heterocycles. The number of phenols is 1. The number of rotatable bonds is 6. The number of benzene rings is 1. The Bertz CT molecular complexity index is 711. The molecule has 4 heteroatoms. The molecule has 1 heterocycles. The van der Waals surface area contributed by atoms with Crippen molar-refractivity contribution in [3.8, 4) is 5.75 Å². The summed E-state index contributed by atoms with van der Waals surface area (Å²) in [6.07, 6.45) is 5.29. The van der Waals surface area contributed by atoms with Crippen molar-refractivity contribution in [3.05, 3.63) is 35.4 Å². The molecule has 0 fully saturated rings. The number of hydrogen-bond donors (Lipinski definition) is 1. The van der Waals surface area contributed by atoms with E-state index in [-0.39, 0.29) is 28.4 Å². The van der Waals surface area contributed by atoms with Crippen LogP contribution in [0.1, 0.15) is 71.9 Å². The summed E-state index contributed by atoms with van der Waals surface area (Å²) in [5, 5.41) is 11.0. The molecule has 1 aromatic rings. The summed E-state index contributed by atoms with van der Waals surface area (Å²) in [6, 6.07) is 3.58. The molecule has 1 N–H and O–H groups in total. The molecule has 1 aromatic carbocycles. The standard InChI is InChI=1S/C21H29NO3/c1-7-11-21(5,6)16-13-14(22-17(23)9-10-18(22)24)12-15(19(16)25)20(3,4)8-2/h9-10,12-13,25H,7-8,11H2,1-6H3. The van der Waals surface area contributed by atoms with E-state index in [0.717, 1.165) is 30.4 Å². The zero-order valence-electron chi connectivity index (χ0n) is 16.1. The van der Waals surface area contributed by atoms with Gasteiger partial charge in [-0.15, -0.1) is 0 Å². The van der Waals surface area contributed by atoms with Crippen molar-refractivity contribution in [1.82, 2.24) is 0 Å². The average molecular weight is 343 g/mol. The normalized spacial score (nSPS) is 15.4. The number of carbonyl (C=O) groups is 2. The van der Waals surface area contributed by atoms with Gasteiger partial charge in [-0.1, -0.05) is 48.0 Å². The maximum absolute atomic E-state index is 12.1. The minimum atomic E-state index is -0.338. The summed E-state index contributed by atoms with van der Waals surface area (Å²) >= 11 is 0. The Morgan fingerprint density at radius 1 is 0.920 bits per heavy atom. The van der Waals surface area contributed by atoms with Gasteiger partial charge in [-0.05, 0) is 35.8 Å². The second-order valence-electron chi connectivity index (χ2n) is 8.11. The molecule has 136 valence electrons. The molecule has 0 radical (unpaired) electrons. The third kappa shape index (κ3) is 3.48. The lowest BCUT2D eigenvalue weighted by Crippen LogP contribution is -2.31. The van der Waals surface area contributed by atoms with Crippen molar-refractivity contribution < 1.29 is 14.7 Å². The number of phenolic OH excluding ortho intramolecular Hbond substituents is 1. The van der Waals surface area contributed by atoms with Crippen LogP contribution in [0.5, 0.6) is 5.75 Å². The lowest BCUT2D eigenvalue weighted by Gasteiger charge is -2.32. The fourth-order valence-electron chi connectivity index (χ4n) is 3.38. The SMILES string of the molecule is CCCC(C)(C)c1cc(N2C(=O)C=CC2=O)cc(C(C)(C)CC)c1O. The Kier molecular flexibility index (Phi) is 5.12. The molecule has 1 aliphatic heterocycles. The summed E-state index contributed by atoms with van der Waals surface area (Å²) in [5.41, 5.74) is 1.58. The minimum absolute atomic E-state index is 0.257. The maximum atomic E-state index is 12.1. The quantitative estimate of drug-likeness (QED) is 0.769. The molecular formula is C21H29NO3. The lowest BCUT2D eigenvalue weighted by molar-refractivity contribution is -0.119. The van der Waals surface area contributed by atoms with E-state index in [9.17, 15) is 14.7 Å². The van der Waals surface area contributed by atoms with Crippen LogP contribution in [0.15, 0.2) is 24.3 Å². The number of nitrogens with zero attached hydrogens (tertiary/aromatic N) is 1. The zero-order chi connectivity index (χ0) is 19.0. The van der Waals surface area contributed by atoms with Crippen LogP contribution >= 0.6 is 0 Å². The average Bonchev–Trinajstić information content (AvgIpc) is 2.86. The summed E-state index contributed by atoms with van der Waals surface area (Å²) in [4.78, 5) is 25.5. The predicted molar refractivity (Wildman–Crippen MR) is 101 cm³/mol. The Hall–Kier alpha value is -2.10. The van der Waals surface area contributed by atoms with E-state index in [4.69, 9.17) is 0 Å². The third-order valence-corrected chi connectivity index (χ3v) is 5.38. The summed E-state index contributed by atoms with van der Waals surface area (Å²) in [5.74, 6) is -0.397. The Labute approximate surface area is 150 Å². The van der Waals surface area contributed by atoms with Gasteiger partial charge in [-0.25, -0.2) is 4.90 Å². The molecule has 2 rings (SSSR count). The summed E-state index contributed by atoms with van der Waals surface area (Å²) < 4.78 is 0. The van der Waals surface area contributed by atoms with Gasteiger partial charge in [0, 0.05) is 23.3 Å². The fraction of sp³-hybridized carbons (Fsp3) is 0.524. The summed E-state index contributed by atoms with van der Waals surface area (Å²) in [6.45, 7) is 12.5. The van der Waals surface area contributed by atoms with E-state index in [1.807, 2.05) is 0 Å². The molecule has 0 bridgehead atoms. The van der Waals surface area contributed by atoms with Gasteiger partial charge >= 0.3 is 0 Å². The van der Waals surface area contributed by atoms with E-state index < -0.39 is 0 Å². The highest BCUT2D eigenvalue weighted by molar-refractivity contribution is 6.28. The van der Waals surface area contributed by atoms with Gasteiger partial charge in [0.1, 0.15) is 5.75 Å². The van der Waals surface area contributed by atoms with E-state index in [0.29, 0.717) is 5.69 Å². The van der Waals surface area contributed by atoms with Crippen molar-refractivity contribution in [2.75, 3.05) is 4.90 Å². The monoisotopic (exact) mass is 343 g/mol. The Morgan fingerprint density at radius 3 is 1.84 bits per heavy atom. The second kappa shape index (κ2) is 6.66. The topological polar surface area (TPSA) is 57.6 Å². The van der Waals surface area contributed by atoms with Crippen molar-refractivity contribution >= 4 is 17.5 Å². The van der Waals surface area contributed by atoms with Crippen molar-refractivity contribution in [3.63, 3.8) is 0 Å². The van der Waals surface area contributed by atoms with Crippen LogP contribution in [0.3, 0.4) is 0 Å². The van der Waals surface area contributed by atoms with E-state index in [1.165, 1.54) is 17.1 Å². The molecule has 2 amide bonds. The number of amides is 2. The van der Waals surface area contributed by atoms with Crippen LogP contribution in [0.4, 0.5) is 5.69 Å². The number of aromatic hydroxyl groups is 1. The third-order valence-electron chi connectivity index (χ3n) is 5.38. The Balaban J connectivity index is 2.72. The van der Waals surface area contributed by atoms with Gasteiger partial charge in [0.05, 0.1) is 5.69 Å². The van der Waals surface area contributed by atoms with Crippen molar-refractivity contribution in [2.24, 2.45) is 0 Å². The molecule has 0 saturated carbocycles. The van der Waals surface area contributed by atoms with Crippen molar-refractivity contribution in [2.45, 2.75) is 71.6 Å². The second-order valence-corrected chi connectivity index (χ2v) is 8.11. The molecular weight excluding hydrogens is 314 g/mol. The van der Waals surface area contributed by atoms with Crippen LogP contribution < -0.4 is 4.90 Å². The van der Waals surface area contributed by atoms with Gasteiger partial charge in [0.25, 0.3) is 11.8 Å². The van der Waals surface area contributed by atoms with Crippen LogP contribution in [0.2, 0.25) is 0 Å². The highest BCUT2D eigenvalue weighted by Gasteiger charge is 2.33. The predicted octanol–water partition coefficient (Wildman–Crippen LogP) is 4.59. The molecule has 0 saturated heterocycles. The first-order chi connectivity index (χ1) is 11.5. The molecule has 4 nitrogen and oxygen atoms in total. The largest absolute Gasteiger partial charge is 0.507 e. The van der Waals surface area contributed by atoms with Gasteiger partial charge in [-0.2, -0.15) is 0 Å². The molecule has 0 aliphatic carbocycles. The molecule has 25 heavy (non-hydrogen) atoms. The van der Waals surface area contributed by atoms with Crippen LogP contribution in [0.25, 0.3) is 0 Å². The van der Waals surface area contributed by atoms with E-state index in [2.05, 4.69) is 41.5 Å². The Morgan fingerprint density at radius 2 is 1.40 bits per heavy atom. The smallest absolute Gasteiger partial charge is 0.258 e. The minimum Gasteiger partial charge on any atom is -0.507 e. The number of anilines is 1. The summed E-state index contributed by atoms with van der Waals surface area (Å²) in [7, 11) is 0. The fourth-order valence-corrected chi connectivity index (χ4v) is 3.38. The highest BCUT2D eigenvalue weighted by Crippen LogP contribution is 2.44. The maximum Gasteiger partial charge on any atom is 0.258 e. The number of carbonyl (C=O) groups excluding carboxylic acids is 2. The van der Waals surface area contributed by atoms with Crippen LogP contribution in [-0.2, 0) is 20.4 Å². The van der Waals surface area contributed by atoms with Gasteiger partial charge < -0.3 is 5.11 Å². The molecule has 0 atom stereocenters. The number of hydrogen-bond acceptors (Lipinski definition) is 3. The molecule has 0 unspecified atom stereocenters. The van der Waals surface area contributed by atoms with E-state index >= 15 is 0 Å². The van der Waals surface area contributed by atoms with Crippen LogP contribution in [-0.4, -0.2) is 16.9 Å². The zero-order valence-corrected chi connectivity index (χ0v) is 16.1. The molecule has 1 aliphatic rings. The first kappa shape index (κ1) is 19.2. The number of imide groups is 1. The van der Waals surface area contributed by atoms with Gasteiger partial charge in [0.15, 0.2) is 0 Å². The molecule has 0 spiro atoms. The van der Waals surface area contributed by atoms with Crippen LogP contribution in [0, 0.1) is 0 Å². The lowest BCUT2D eigenvalue weighted by atomic mass is 9.74.